The molecule has 1 N–H and O–H groups in total. The fourth-order valence-corrected chi connectivity index (χ4v) is 2.51. The van der Waals surface area contributed by atoms with Gasteiger partial charge in [-0.05, 0) is 38.9 Å². The van der Waals surface area contributed by atoms with Crippen LogP contribution in [0.3, 0.4) is 0 Å². The molecule has 6 nitrogen and oxygen atoms in total. The van der Waals surface area contributed by atoms with Gasteiger partial charge in [0.1, 0.15) is 5.75 Å². The first-order valence-corrected chi connectivity index (χ1v) is 8.36. The lowest BCUT2D eigenvalue weighted by Crippen LogP contribution is -2.42. The molecule has 0 atom stereocenters. The molecule has 0 fully saturated rings. The summed E-state index contributed by atoms with van der Waals surface area (Å²) < 4.78 is 5.29. The van der Waals surface area contributed by atoms with Crippen molar-refractivity contribution in [2.24, 2.45) is 0 Å². The summed E-state index contributed by atoms with van der Waals surface area (Å²) >= 11 is 0. The van der Waals surface area contributed by atoms with E-state index in [1.165, 1.54) is 0 Å². The summed E-state index contributed by atoms with van der Waals surface area (Å²) in [6.45, 7) is 6.28. The van der Waals surface area contributed by atoms with Gasteiger partial charge < -0.3 is 15.0 Å². The molecule has 0 heterocycles. The largest absolute Gasteiger partial charge is 0.496 e. The van der Waals surface area contributed by atoms with E-state index < -0.39 is 0 Å². The number of ether oxygens (including phenoxy) is 1. The Morgan fingerprint density at radius 1 is 1.12 bits per heavy atom. The number of amides is 2. The van der Waals surface area contributed by atoms with E-state index in [4.69, 9.17) is 4.74 Å². The van der Waals surface area contributed by atoms with Gasteiger partial charge in [0.05, 0.1) is 20.2 Å². The third-order valence-corrected chi connectivity index (χ3v) is 3.84. The highest BCUT2D eigenvalue weighted by atomic mass is 16.5. The van der Waals surface area contributed by atoms with Crippen LogP contribution in [0.1, 0.15) is 19.4 Å². The minimum Gasteiger partial charge on any atom is -0.496 e. The van der Waals surface area contributed by atoms with E-state index in [1.54, 1.807) is 24.0 Å². The lowest BCUT2D eigenvalue weighted by Gasteiger charge is -2.22. The standard InChI is InChI=1S/C18H29N3O3/c1-5-21(6-2)18(23)14-20(3)13-17(22)19-12-11-15-9-7-8-10-16(15)24-4/h7-10H,5-6,11-14H2,1-4H3,(H,19,22). The van der Waals surface area contributed by atoms with Crippen molar-refractivity contribution in [3.05, 3.63) is 29.8 Å². The zero-order chi connectivity index (χ0) is 17.9. The predicted molar refractivity (Wildman–Crippen MR) is 95.1 cm³/mol. The number of nitrogens with zero attached hydrogens (tertiary/aromatic N) is 2. The van der Waals surface area contributed by atoms with Crippen molar-refractivity contribution in [1.82, 2.24) is 15.1 Å². The lowest BCUT2D eigenvalue weighted by molar-refractivity contribution is -0.132. The molecule has 0 radical (unpaired) electrons. The van der Waals surface area contributed by atoms with E-state index in [-0.39, 0.29) is 24.9 Å². The molecule has 0 aromatic heterocycles. The molecule has 0 unspecified atom stereocenters. The number of carbonyl (C=O) groups is 2. The Morgan fingerprint density at radius 3 is 2.42 bits per heavy atom. The van der Waals surface area contributed by atoms with Crippen LogP contribution in [0.25, 0.3) is 0 Å². The molecular formula is C18H29N3O3. The number of methoxy groups -OCH3 is 1. The number of benzene rings is 1. The molecule has 0 saturated carbocycles. The molecule has 134 valence electrons. The van der Waals surface area contributed by atoms with E-state index in [1.807, 2.05) is 38.1 Å². The first kappa shape index (κ1) is 20.0. The monoisotopic (exact) mass is 335 g/mol. The summed E-state index contributed by atoms with van der Waals surface area (Å²) in [4.78, 5) is 27.5. The summed E-state index contributed by atoms with van der Waals surface area (Å²) in [5.74, 6) is 0.790. The summed E-state index contributed by atoms with van der Waals surface area (Å²) in [6.07, 6.45) is 0.706. The second kappa shape index (κ2) is 10.6. The van der Waals surface area contributed by atoms with Gasteiger partial charge in [-0.15, -0.1) is 0 Å². The van der Waals surface area contributed by atoms with Crippen molar-refractivity contribution >= 4 is 11.8 Å². The number of nitrogens with one attached hydrogen (secondary N) is 1. The summed E-state index contributed by atoms with van der Waals surface area (Å²) in [5.41, 5.74) is 1.06. The summed E-state index contributed by atoms with van der Waals surface area (Å²) in [5, 5.41) is 2.88. The first-order chi connectivity index (χ1) is 11.5. The van der Waals surface area contributed by atoms with Crippen LogP contribution in [0, 0.1) is 0 Å². The summed E-state index contributed by atoms with van der Waals surface area (Å²) in [6, 6.07) is 7.76. The van der Waals surface area contributed by atoms with Crippen molar-refractivity contribution in [1.29, 1.82) is 0 Å². The average molecular weight is 335 g/mol. The third kappa shape index (κ3) is 6.58. The molecule has 1 aromatic rings. The molecule has 1 rings (SSSR count). The number of likely N-dealkylation sites (N-methyl/N-ethyl adjacent to an activating group) is 2. The van der Waals surface area contributed by atoms with Crippen molar-refractivity contribution in [3.63, 3.8) is 0 Å². The van der Waals surface area contributed by atoms with Gasteiger partial charge in [-0.2, -0.15) is 0 Å². The highest BCUT2D eigenvalue weighted by Gasteiger charge is 2.14. The predicted octanol–water partition coefficient (Wildman–Crippen LogP) is 1.15. The Balaban J connectivity index is 2.34. The van der Waals surface area contributed by atoms with Crippen LogP contribution >= 0.6 is 0 Å². The summed E-state index contributed by atoms with van der Waals surface area (Å²) in [7, 11) is 3.42. The Morgan fingerprint density at radius 2 is 1.79 bits per heavy atom. The highest BCUT2D eigenvalue weighted by Crippen LogP contribution is 2.17. The smallest absolute Gasteiger partial charge is 0.236 e. The van der Waals surface area contributed by atoms with Crippen LogP contribution in [0.15, 0.2) is 24.3 Å². The van der Waals surface area contributed by atoms with E-state index >= 15 is 0 Å². The minimum absolute atomic E-state index is 0.0457. The van der Waals surface area contributed by atoms with Crippen LogP contribution < -0.4 is 10.1 Å². The maximum absolute atomic E-state index is 12.0. The zero-order valence-electron chi connectivity index (χ0n) is 15.2. The van der Waals surface area contributed by atoms with Crippen LogP contribution in [0.5, 0.6) is 5.75 Å². The van der Waals surface area contributed by atoms with Crippen LogP contribution in [-0.4, -0.2) is 68.5 Å². The second-order valence-electron chi connectivity index (χ2n) is 5.65. The van der Waals surface area contributed by atoms with Gasteiger partial charge in [-0.25, -0.2) is 0 Å². The molecule has 2 amide bonds. The molecule has 0 aliphatic heterocycles. The SMILES string of the molecule is CCN(CC)C(=O)CN(C)CC(=O)NCCc1ccccc1OC. The zero-order valence-corrected chi connectivity index (χ0v) is 15.2. The fraction of sp³-hybridized carbons (Fsp3) is 0.556. The van der Waals surface area contributed by atoms with E-state index in [2.05, 4.69) is 5.32 Å². The van der Waals surface area contributed by atoms with Crippen LogP contribution in [0.2, 0.25) is 0 Å². The van der Waals surface area contributed by atoms with E-state index in [0.29, 0.717) is 26.1 Å². The van der Waals surface area contributed by atoms with Gasteiger partial charge in [0.25, 0.3) is 0 Å². The van der Waals surface area contributed by atoms with Gasteiger partial charge in [0.15, 0.2) is 0 Å². The number of rotatable bonds is 10. The normalized spacial score (nSPS) is 10.5. The molecule has 0 bridgehead atoms. The maximum atomic E-state index is 12.0. The average Bonchev–Trinajstić information content (AvgIpc) is 2.56. The van der Waals surface area contributed by atoms with Crippen molar-refractivity contribution in [3.8, 4) is 5.75 Å². The number of carbonyl (C=O) groups excluding carboxylic acids is 2. The van der Waals surface area contributed by atoms with Crippen molar-refractivity contribution < 1.29 is 14.3 Å². The van der Waals surface area contributed by atoms with Crippen molar-refractivity contribution in [2.75, 3.05) is 46.9 Å². The number of hydrogen-bond donors (Lipinski definition) is 1. The van der Waals surface area contributed by atoms with Crippen LogP contribution in [0.4, 0.5) is 0 Å². The first-order valence-electron chi connectivity index (χ1n) is 8.36. The molecule has 0 spiro atoms. The van der Waals surface area contributed by atoms with Crippen LogP contribution in [-0.2, 0) is 16.0 Å². The van der Waals surface area contributed by atoms with Crippen molar-refractivity contribution in [2.45, 2.75) is 20.3 Å². The number of para-hydroxylation sites is 1. The highest BCUT2D eigenvalue weighted by molar-refractivity contribution is 5.81. The third-order valence-electron chi connectivity index (χ3n) is 3.84. The quantitative estimate of drug-likeness (QED) is 0.697. The van der Waals surface area contributed by atoms with Gasteiger partial charge in [0.2, 0.25) is 11.8 Å². The Hall–Kier alpha value is -2.08. The van der Waals surface area contributed by atoms with Gasteiger partial charge in [-0.3, -0.25) is 14.5 Å². The molecule has 0 aliphatic carbocycles. The Kier molecular flexibility index (Phi) is 8.86. The lowest BCUT2D eigenvalue weighted by atomic mass is 10.1. The molecular weight excluding hydrogens is 306 g/mol. The molecule has 0 aliphatic rings. The topological polar surface area (TPSA) is 61.9 Å². The fourth-order valence-electron chi connectivity index (χ4n) is 2.51. The second-order valence-corrected chi connectivity index (χ2v) is 5.65. The van der Waals surface area contributed by atoms with Gasteiger partial charge in [0, 0.05) is 19.6 Å². The molecule has 1 aromatic carbocycles. The van der Waals surface area contributed by atoms with E-state index in [9.17, 15) is 9.59 Å². The molecule has 24 heavy (non-hydrogen) atoms. The van der Waals surface area contributed by atoms with Gasteiger partial charge in [-0.1, -0.05) is 18.2 Å². The Labute approximate surface area is 144 Å². The van der Waals surface area contributed by atoms with E-state index in [0.717, 1.165) is 11.3 Å². The maximum Gasteiger partial charge on any atom is 0.236 e. The number of hydrogen-bond acceptors (Lipinski definition) is 4. The van der Waals surface area contributed by atoms with Gasteiger partial charge >= 0.3 is 0 Å². The Bertz CT molecular complexity index is 530. The molecule has 0 saturated heterocycles. The minimum atomic E-state index is -0.0836. The molecule has 6 heteroatoms.